The van der Waals surface area contributed by atoms with E-state index in [4.69, 9.17) is 0 Å². The van der Waals surface area contributed by atoms with Crippen molar-refractivity contribution in [2.24, 2.45) is 0 Å². The second-order valence-corrected chi connectivity index (χ2v) is 5.82. The molecule has 2 aliphatic heterocycles. The van der Waals surface area contributed by atoms with Crippen LogP contribution in [0.2, 0.25) is 0 Å². The Kier molecular flexibility index (Phi) is 5.37. The van der Waals surface area contributed by atoms with E-state index < -0.39 is 0 Å². The van der Waals surface area contributed by atoms with Crippen LogP contribution in [0, 0.1) is 0 Å². The molecular formula is C15H26N6. The lowest BCUT2D eigenvalue weighted by Gasteiger charge is -2.35. The smallest absolute Gasteiger partial charge is 0.225 e. The molecule has 0 amide bonds. The molecule has 0 aliphatic carbocycles. The molecule has 0 radical (unpaired) electrons. The Morgan fingerprint density at radius 3 is 2.33 bits per heavy atom. The molecule has 0 aromatic carbocycles. The van der Waals surface area contributed by atoms with Gasteiger partial charge in [-0.3, -0.25) is 4.90 Å². The molecule has 0 bridgehead atoms. The SMILES string of the molecule is c1cnc(N2CCN(CCN3CCCNCC3)CC2)nc1. The van der Waals surface area contributed by atoms with Crippen LogP contribution in [0.25, 0.3) is 0 Å². The average molecular weight is 290 g/mol. The molecular weight excluding hydrogens is 264 g/mol. The molecule has 0 unspecified atom stereocenters. The van der Waals surface area contributed by atoms with Gasteiger partial charge in [-0.1, -0.05) is 0 Å². The van der Waals surface area contributed by atoms with Gasteiger partial charge in [0.1, 0.15) is 0 Å². The van der Waals surface area contributed by atoms with Crippen molar-refractivity contribution in [2.45, 2.75) is 6.42 Å². The minimum atomic E-state index is 0.871. The topological polar surface area (TPSA) is 47.5 Å². The predicted octanol–water partition coefficient (Wildman–Crippen LogP) is -0.106. The van der Waals surface area contributed by atoms with Crippen LogP contribution < -0.4 is 10.2 Å². The zero-order valence-corrected chi connectivity index (χ0v) is 12.7. The van der Waals surface area contributed by atoms with Gasteiger partial charge < -0.3 is 15.1 Å². The lowest BCUT2D eigenvalue weighted by molar-refractivity contribution is 0.202. The van der Waals surface area contributed by atoms with Crippen LogP contribution in [0.5, 0.6) is 0 Å². The average Bonchev–Trinajstić information content (AvgIpc) is 2.83. The Hall–Kier alpha value is -1.24. The maximum atomic E-state index is 4.34. The van der Waals surface area contributed by atoms with Crippen LogP contribution in [0.3, 0.4) is 0 Å². The van der Waals surface area contributed by atoms with E-state index in [9.17, 15) is 0 Å². The van der Waals surface area contributed by atoms with Gasteiger partial charge in [0.05, 0.1) is 0 Å². The van der Waals surface area contributed by atoms with E-state index in [-0.39, 0.29) is 0 Å². The summed E-state index contributed by atoms with van der Waals surface area (Å²) in [7, 11) is 0. The molecule has 2 aliphatic rings. The molecule has 6 nitrogen and oxygen atoms in total. The molecule has 3 heterocycles. The van der Waals surface area contributed by atoms with Gasteiger partial charge in [-0.25, -0.2) is 9.97 Å². The molecule has 0 atom stereocenters. The van der Waals surface area contributed by atoms with Crippen molar-refractivity contribution in [3.63, 3.8) is 0 Å². The molecule has 3 rings (SSSR count). The second kappa shape index (κ2) is 7.68. The molecule has 2 saturated heterocycles. The van der Waals surface area contributed by atoms with Crippen LogP contribution in [0.4, 0.5) is 5.95 Å². The quantitative estimate of drug-likeness (QED) is 0.835. The van der Waals surface area contributed by atoms with Crippen molar-refractivity contribution < 1.29 is 0 Å². The normalized spacial score (nSPS) is 22.2. The lowest BCUT2D eigenvalue weighted by Crippen LogP contribution is -2.49. The summed E-state index contributed by atoms with van der Waals surface area (Å²) in [6, 6.07) is 1.87. The third kappa shape index (κ3) is 4.36. The Balaban J connectivity index is 1.39. The fourth-order valence-electron chi connectivity index (χ4n) is 3.03. The van der Waals surface area contributed by atoms with Gasteiger partial charge in [0.25, 0.3) is 0 Å². The van der Waals surface area contributed by atoms with Gasteiger partial charge in [-0.2, -0.15) is 0 Å². The summed E-state index contributed by atoms with van der Waals surface area (Å²) in [6.45, 7) is 11.4. The molecule has 1 aromatic heterocycles. The number of nitrogens with zero attached hydrogens (tertiary/aromatic N) is 5. The predicted molar refractivity (Wildman–Crippen MR) is 84.6 cm³/mol. The number of hydrogen-bond donors (Lipinski definition) is 1. The highest BCUT2D eigenvalue weighted by Crippen LogP contribution is 2.09. The molecule has 0 spiro atoms. The van der Waals surface area contributed by atoms with Crippen molar-refractivity contribution >= 4 is 5.95 Å². The summed E-state index contributed by atoms with van der Waals surface area (Å²) < 4.78 is 0. The van der Waals surface area contributed by atoms with E-state index in [1.54, 1.807) is 0 Å². The molecule has 6 heteroatoms. The molecule has 1 N–H and O–H groups in total. The fraction of sp³-hybridized carbons (Fsp3) is 0.733. The van der Waals surface area contributed by atoms with Gasteiger partial charge in [0, 0.05) is 64.8 Å². The van der Waals surface area contributed by atoms with E-state index in [2.05, 4.69) is 30.0 Å². The Morgan fingerprint density at radius 1 is 0.857 bits per heavy atom. The van der Waals surface area contributed by atoms with E-state index >= 15 is 0 Å². The minimum Gasteiger partial charge on any atom is -0.338 e. The van der Waals surface area contributed by atoms with Crippen molar-refractivity contribution in [2.75, 3.05) is 70.3 Å². The summed E-state index contributed by atoms with van der Waals surface area (Å²) >= 11 is 0. The van der Waals surface area contributed by atoms with Gasteiger partial charge in [0.15, 0.2) is 0 Å². The number of piperazine rings is 1. The molecule has 116 valence electrons. The molecule has 0 saturated carbocycles. The van der Waals surface area contributed by atoms with Crippen molar-refractivity contribution in [1.29, 1.82) is 0 Å². The highest BCUT2D eigenvalue weighted by Gasteiger charge is 2.19. The summed E-state index contributed by atoms with van der Waals surface area (Å²) in [5.74, 6) is 0.871. The van der Waals surface area contributed by atoms with Crippen LogP contribution in [0.15, 0.2) is 18.5 Å². The number of aromatic nitrogens is 2. The van der Waals surface area contributed by atoms with E-state index in [1.165, 1.54) is 39.1 Å². The van der Waals surface area contributed by atoms with Gasteiger partial charge in [-0.05, 0) is 25.6 Å². The Morgan fingerprint density at radius 2 is 1.57 bits per heavy atom. The van der Waals surface area contributed by atoms with Crippen LogP contribution in [-0.2, 0) is 0 Å². The maximum Gasteiger partial charge on any atom is 0.225 e. The highest BCUT2D eigenvalue weighted by molar-refractivity contribution is 5.29. The summed E-state index contributed by atoms with van der Waals surface area (Å²) in [5.41, 5.74) is 0. The van der Waals surface area contributed by atoms with Gasteiger partial charge in [0.2, 0.25) is 5.95 Å². The standard InChI is InChI=1S/C15H26N6/c1-4-17-15(18-5-1)21-13-11-20(12-14-21)10-9-19-7-2-3-16-6-8-19/h1,4-5,16H,2-3,6-14H2. The van der Waals surface area contributed by atoms with E-state index in [0.717, 1.165) is 38.7 Å². The summed E-state index contributed by atoms with van der Waals surface area (Å²) in [4.78, 5) is 16.1. The highest BCUT2D eigenvalue weighted by atomic mass is 15.3. The van der Waals surface area contributed by atoms with E-state index in [1.807, 2.05) is 18.5 Å². The van der Waals surface area contributed by atoms with Crippen molar-refractivity contribution in [3.05, 3.63) is 18.5 Å². The Bertz CT molecular complexity index is 396. The van der Waals surface area contributed by atoms with Crippen molar-refractivity contribution in [1.82, 2.24) is 25.1 Å². The summed E-state index contributed by atoms with van der Waals surface area (Å²) in [5, 5.41) is 3.46. The minimum absolute atomic E-state index is 0.871. The first-order chi connectivity index (χ1) is 10.4. The molecule has 1 aromatic rings. The second-order valence-electron chi connectivity index (χ2n) is 5.82. The maximum absolute atomic E-state index is 4.34. The Labute approximate surface area is 127 Å². The number of rotatable bonds is 4. The number of hydrogen-bond acceptors (Lipinski definition) is 6. The monoisotopic (exact) mass is 290 g/mol. The van der Waals surface area contributed by atoms with Gasteiger partial charge in [-0.15, -0.1) is 0 Å². The fourth-order valence-corrected chi connectivity index (χ4v) is 3.03. The van der Waals surface area contributed by atoms with Crippen molar-refractivity contribution in [3.8, 4) is 0 Å². The summed E-state index contributed by atoms with van der Waals surface area (Å²) in [6.07, 6.45) is 4.92. The van der Waals surface area contributed by atoms with E-state index in [0.29, 0.717) is 0 Å². The first kappa shape index (κ1) is 14.7. The lowest BCUT2D eigenvalue weighted by atomic mass is 10.3. The molecule has 21 heavy (non-hydrogen) atoms. The number of anilines is 1. The first-order valence-electron chi connectivity index (χ1n) is 8.09. The third-order valence-electron chi connectivity index (χ3n) is 4.37. The van der Waals surface area contributed by atoms with Crippen LogP contribution in [0.1, 0.15) is 6.42 Å². The van der Waals surface area contributed by atoms with Crippen LogP contribution >= 0.6 is 0 Å². The van der Waals surface area contributed by atoms with Gasteiger partial charge >= 0.3 is 0 Å². The third-order valence-corrected chi connectivity index (χ3v) is 4.37. The molecule has 2 fully saturated rings. The number of nitrogens with one attached hydrogen (secondary N) is 1. The first-order valence-corrected chi connectivity index (χ1v) is 8.09. The zero-order chi connectivity index (χ0) is 14.3. The zero-order valence-electron chi connectivity index (χ0n) is 12.7. The largest absolute Gasteiger partial charge is 0.338 e. The van der Waals surface area contributed by atoms with Crippen LogP contribution in [-0.4, -0.2) is 85.2 Å².